The molecule has 0 aliphatic heterocycles. The molecule has 152 valence electrons. The number of esters is 1. The normalized spacial score (nSPS) is 11.1. The van der Waals surface area contributed by atoms with Crippen molar-refractivity contribution in [3.63, 3.8) is 0 Å². The molecular weight excluding hydrogens is 390 g/mol. The Bertz CT molecular complexity index is 987. The number of hydrazone groups is 1. The second-order valence-corrected chi connectivity index (χ2v) is 6.89. The van der Waals surface area contributed by atoms with Crippen molar-refractivity contribution >= 4 is 39.4 Å². The first-order valence-corrected chi connectivity index (χ1v) is 10.1. The Morgan fingerprint density at radius 2 is 2.10 bits per heavy atom. The fourth-order valence-electron chi connectivity index (χ4n) is 2.72. The van der Waals surface area contributed by atoms with Gasteiger partial charge in [0.15, 0.2) is 0 Å². The van der Waals surface area contributed by atoms with Gasteiger partial charge in [0.05, 0.1) is 31.5 Å². The monoisotopic (exact) mass is 413 g/mol. The lowest BCUT2D eigenvalue weighted by atomic mass is 10.0. The van der Waals surface area contributed by atoms with Crippen LogP contribution in [0.1, 0.15) is 18.2 Å². The summed E-state index contributed by atoms with van der Waals surface area (Å²) in [7, 11) is 1.64. The number of nitrogens with zero attached hydrogens (tertiary/aromatic N) is 2. The highest BCUT2D eigenvalue weighted by Crippen LogP contribution is 2.27. The van der Waals surface area contributed by atoms with Crippen molar-refractivity contribution in [2.45, 2.75) is 13.3 Å². The van der Waals surface area contributed by atoms with E-state index in [0.29, 0.717) is 30.6 Å². The zero-order chi connectivity index (χ0) is 20.5. The first-order chi connectivity index (χ1) is 14.2. The Morgan fingerprint density at radius 1 is 1.24 bits per heavy atom. The van der Waals surface area contributed by atoms with Crippen LogP contribution in [0.15, 0.2) is 46.9 Å². The summed E-state index contributed by atoms with van der Waals surface area (Å²) in [5.41, 5.74) is 4.45. The summed E-state index contributed by atoms with van der Waals surface area (Å²) in [5.74, 6) is 0.440. The molecule has 1 aromatic heterocycles. The minimum atomic E-state index is -0.290. The number of rotatable bonds is 10. The molecule has 0 aliphatic rings. The van der Waals surface area contributed by atoms with Gasteiger partial charge in [-0.15, -0.1) is 11.3 Å². The zero-order valence-electron chi connectivity index (χ0n) is 16.4. The highest BCUT2D eigenvalue weighted by atomic mass is 32.1. The molecule has 29 heavy (non-hydrogen) atoms. The maximum Gasteiger partial charge on any atom is 0.311 e. The van der Waals surface area contributed by atoms with Crippen LogP contribution in [0, 0.1) is 0 Å². The van der Waals surface area contributed by atoms with Crippen molar-refractivity contribution in [1.29, 1.82) is 0 Å². The molecule has 0 atom stereocenters. The molecule has 1 heterocycles. The highest BCUT2D eigenvalue weighted by Gasteiger charge is 2.09. The van der Waals surface area contributed by atoms with Crippen LogP contribution >= 0.6 is 11.3 Å². The van der Waals surface area contributed by atoms with Crippen LogP contribution < -0.4 is 10.2 Å². The van der Waals surface area contributed by atoms with Crippen LogP contribution in [0.4, 0.5) is 5.13 Å². The Hall–Kier alpha value is -2.97. The van der Waals surface area contributed by atoms with Crippen LogP contribution in [0.25, 0.3) is 10.8 Å². The molecule has 0 saturated heterocycles. The number of fused-ring (bicyclic) bond motifs is 1. The van der Waals surface area contributed by atoms with Gasteiger partial charge in [-0.3, -0.25) is 10.2 Å². The van der Waals surface area contributed by atoms with Crippen molar-refractivity contribution in [2.75, 3.05) is 32.4 Å². The summed E-state index contributed by atoms with van der Waals surface area (Å²) >= 11 is 1.38. The SMILES string of the molecule is CCOC(=O)Cc1csc(NN=Cc2c(OCCOC)ccc3ccccc23)n1. The second kappa shape index (κ2) is 10.5. The molecule has 3 rings (SSSR count). The number of thiazole rings is 1. The van der Waals surface area contributed by atoms with E-state index in [0.717, 1.165) is 22.1 Å². The number of benzene rings is 2. The van der Waals surface area contributed by atoms with E-state index in [-0.39, 0.29) is 12.4 Å². The molecule has 0 saturated carbocycles. The zero-order valence-corrected chi connectivity index (χ0v) is 17.2. The lowest BCUT2D eigenvalue weighted by Gasteiger charge is -2.11. The molecule has 0 bridgehead atoms. The van der Waals surface area contributed by atoms with Crippen molar-refractivity contribution in [3.8, 4) is 5.75 Å². The van der Waals surface area contributed by atoms with E-state index < -0.39 is 0 Å². The number of aromatic nitrogens is 1. The molecule has 1 N–H and O–H groups in total. The quantitative estimate of drug-likeness (QED) is 0.235. The number of carbonyl (C=O) groups is 1. The van der Waals surface area contributed by atoms with Gasteiger partial charge in [0.1, 0.15) is 12.4 Å². The maximum atomic E-state index is 11.6. The van der Waals surface area contributed by atoms with Crippen LogP contribution in [0.2, 0.25) is 0 Å². The van der Waals surface area contributed by atoms with Gasteiger partial charge in [-0.2, -0.15) is 5.10 Å². The summed E-state index contributed by atoms with van der Waals surface area (Å²) in [6.07, 6.45) is 1.87. The summed E-state index contributed by atoms with van der Waals surface area (Å²) in [6.45, 7) is 3.09. The molecule has 0 amide bonds. The average Bonchev–Trinajstić information content (AvgIpc) is 3.16. The number of nitrogens with one attached hydrogen (secondary N) is 1. The van der Waals surface area contributed by atoms with Crippen LogP contribution in [-0.4, -0.2) is 44.1 Å². The van der Waals surface area contributed by atoms with Gasteiger partial charge in [-0.05, 0) is 23.8 Å². The number of anilines is 1. The van der Waals surface area contributed by atoms with Crippen molar-refractivity contribution in [2.24, 2.45) is 5.10 Å². The fraction of sp³-hybridized carbons (Fsp3) is 0.286. The third-order valence-electron chi connectivity index (χ3n) is 4.01. The van der Waals surface area contributed by atoms with E-state index in [9.17, 15) is 4.79 Å². The van der Waals surface area contributed by atoms with Gasteiger partial charge in [0, 0.05) is 18.1 Å². The number of ether oxygens (including phenoxy) is 3. The molecular formula is C21H23N3O4S. The highest BCUT2D eigenvalue weighted by molar-refractivity contribution is 7.13. The van der Waals surface area contributed by atoms with Crippen LogP contribution in [0.5, 0.6) is 5.75 Å². The molecule has 0 unspecified atom stereocenters. The molecule has 0 aliphatic carbocycles. The summed E-state index contributed by atoms with van der Waals surface area (Å²) in [4.78, 5) is 15.9. The summed E-state index contributed by atoms with van der Waals surface area (Å²) in [5, 5.41) is 8.87. The van der Waals surface area contributed by atoms with Gasteiger partial charge in [-0.1, -0.05) is 30.3 Å². The topological polar surface area (TPSA) is 82.0 Å². The molecule has 2 aromatic carbocycles. The van der Waals surface area contributed by atoms with Gasteiger partial charge < -0.3 is 14.2 Å². The molecule has 8 heteroatoms. The number of methoxy groups -OCH3 is 1. The van der Waals surface area contributed by atoms with Gasteiger partial charge >= 0.3 is 5.97 Å². The van der Waals surface area contributed by atoms with Crippen molar-refractivity contribution < 1.29 is 19.0 Å². The van der Waals surface area contributed by atoms with Crippen molar-refractivity contribution in [3.05, 3.63) is 53.0 Å². The first-order valence-electron chi connectivity index (χ1n) is 9.24. The van der Waals surface area contributed by atoms with E-state index in [1.807, 2.05) is 41.8 Å². The standard InChI is InChI=1S/C21H23N3O4S/c1-3-27-20(25)12-16-14-29-21(23-16)24-22-13-18-17-7-5-4-6-15(17)8-9-19(18)28-11-10-26-2/h4-9,13-14H,3,10-12H2,1-2H3,(H,23,24). The fourth-order valence-corrected chi connectivity index (χ4v) is 3.38. The Balaban J connectivity index is 1.74. The third kappa shape index (κ3) is 5.75. The van der Waals surface area contributed by atoms with Gasteiger partial charge in [0.25, 0.3) is 0 Å². The second-order valence-electron chi connectivity index (χ2n) is 6.04. The molecule has 7 nitrogen and oxygen atoms in total. The van der Waals surface area contributed by atoms with Gasteiger partial charge in [0.2, 0.25) is 5.13 Å². The first kappa shape index (κ1) is 20.8. The van der Waals surface area contributed by atoms with E-state index in [2.05, 4.69) is 15.5 Å². The lowest BCUT2D eigenvalue weighted by molar-refractivity contribution is -0.142. The van der Waals surface area contributed by atoms with Gasteiger partial charge in [-0.25, -0.2) is 4.98 Å². The number of carbonyl (C=O) groups excluding carboxylic acids is 1. The van der Waals surface area contributed by atoms with Crippen LogP contribution in [0.3, 0.4) is 0 Å². The number of hydrogen-bond donors (Lipinski definition) is 1. The predicted molar refractivity (Wildman–Crippen MR) is 115 cm³/mol. The average molecular weight is 413 g/mol. The van der Waals surface area contributed by atoms with E-state index in [1.165, 1.54) is 11.3 Å². The van der Waals surface area contributed by atoms with Crippen LogP contribution in [-0.2, 0) is 20.7 Å². The summed E-state index contributed by atoms with van der Waals surface area (Å²) < 4.78 is 15.9. The lowest BCUT2D eigenvalue weighted by Crippen LogP contribution is -2.07. The predicted octanol–water partition coefficient (Wildman–Crippen LogP) is 3.87. The minimum absolute atomic E-state index is 0.149. The smallest absolute Gasteiger partial charge is 0.311 e. The minimum Gasteiger partial charge on any atom is -0.490 e. The van der Waals surface area contributed by atoms with E-state index in [1.54, 1.807) is 20.2 Å². The Labute approximate surface area is 173 Å². The molecule has 3 aromatic rings. The van der Waals surface area contributed by atoms with E-state index >= 15 is 0 Å². The Morgan fingerprint density at radius 3 is 2.93 bits per heavy atom. The molecule has 0 fully saturated rings. The molecule has 0 spiro atoms. The summed E-state index contributed by atoms with van der Waals surface area (Å²) in [6, 6.07) is 12.0. The van der Waals surface area contributed by atoms with E-state index in [4.69, 9.17) is 14.2 Å². The maximum absolute atomic E-state index is 11.6. The third-order valence-corrected chi connectivity index (χ3v) is 4.81. The number of hydrogen-bond acceptors (Lipinski definition) is 8. The van der Waals surface area contributed by atoms with Crippen molar-refractivity contribution in [1.82, 2.24) is 4.98 Å². The Kier molecular flexibility index (Phi) is 7.54. The molecule has 0 radical (unpaired) electrons. The largest absolute Gasteiger partial charge is 0.490 e.